The molecule has 1 aromatic carbocycles. The van der Waals surface area contributed by atoms with Crippen molar-refractivity contribution < 1.29 is 0 Å². The van der Waals surface area contributed by atoms with E-state index >= 15 is 0 Å². The average Bonchev–Trinajstić information content (AvgIpc) is 2.46. The van der Waals surface area contributed by atoms with E-state index in [0.717, 1.165) is 28.0 Å². The van der Waals surface area contributed by atoms with Crippen molar-refractivity contribution in [2.24, 2.45) is 0 Å². The quantitative estimate of drug-likeness (QED) is 0.609. The first-order valence-corrected chi connectivity index (χ1v) is 8.11. The number of fused-ring (bicyclic) bond motifs is 1. The highest BCUT2D eigenvalue weighted by atomic mass is 32.1. The smallest absolute Gasteiger partial charge is 0.125 e. The van der Waals surface area contributed by atoms with Gasteiger partial charge in [-0.3, -0.25) is 0 Å². The highest BCUT2D eigenvalue weighted by Gasteiger charge is 2.19. The zero-order valence-electron chi connectivity index (χ0n) is 13.1. The van der Waals surface area contributed by atoms with Crippen LogP contribution in [0.4, 0.5) is 0 Å². The number of benzene rings is 1. The molecule has 0 spiro atoms. The zero-order valence-corrected chi connectivity index (χ0v) is 14.0. The predicted molar refractivity (Wildman–Crippen MR) is 94.8 cm³/mol. The maximum atomic E-state index is 5.54. The molecule has 0 bridgehead atoms. The van der Waals surface area contributed by atoms with Crippen LogP contribution in [0.2, 0.25) is 0 Å². The van der Waals surface area contributed by atoms with E-state index in [1.807, 2.05) is 24.3 Å². The number of hydrogen-bond acceptors (Lipinski definition) is 2. The van der Waals surface area contributed by atoms with E-state index < -0.39 is 0 Å². The van der Waals surface area contributed by atoms with E-state index in [0.29, 0.717) is 0 Å². The minimum Gasteiger partial charge on any atom is -0.370 e. The Labute approximate surface area is 133 Å². The molecule has 0 fully saturated rings. The first-order valence-electron chi connectivity index (χ1n) is 7.70. The molecule has 0 aliphatic carbocycles. The summed E-state index contributed by atoms with van der Waals surface area (Å²) in [6, 6.07) is 12.2. The minimum atomic E-state index is 0.0135. The minimum absolute atomic E-state index is 0.0135. The number of nitrogens with one attached hydrogen (secondary N) is 1. The Kier molecular flexibility index (Phi) is 5.29. The van der Waals surface area contributed by atoms with E-state index in [1.165, 1.54) is 19.3 Å². The standard InChI is InChI=1S/C18H24N2S/c1-4-5-8-13-18(2,3)20-17(21)16-12-11-14-9-6-7-10-15(14)19-16/h6-7,9-12H,4-5,8,13H2,1-3H3,(H,20,21). The lowest BCUT2D eigenvalue weighted by Gasteiger charge is -2.27. The highest BCUT2D eigenvalue weighted by Crippen LogP contribution is 2.16. The first kappa shape index (κ1) is 15.9. The van der Waals surface area contributed by atoms with E-state index in [-0.39, 0.29) is 5.54 Å². The van der Waals surface area contributed by atoms with Crippen molar-refractivity contribution in [2.45, 2.75) is 52.0 Å². The first-order chi connectivity index (χ1) is 10.0. The van der Waals surface area contributed by atoms with E-state index in [4.69, 9.17) is 12.2 Å². The topological polar surface area (TPSA) is 24.9 Å². The van der Waals surface area contributed by atoms with Crippen molar-refractivity contribution in [1.82, 2.24) is 10.3 Å². The molecule has 0 atom stereocenters. The Hall–Kier alpha value is -1.48. The molecule has 0 radical (unpaired) electrons. The maximum Gasteiger partial charge on any atom is 0.125 e. The van der Waals surface area contributed by atoms with E-state index in [1.54, 1.807) is 0 Å². The number of pyridine rings is 1. The molecule has 0 aliphatic rings. The summed E-state index contributed by atoms with van der Waals surface area (Å²) in [4.78, 5) is 5.39. The number of unbranched alkanes of at least 4 members (excludes halogenated alkanes) is 2. The molecule has 2 aromatic rings. The summed E-state index contributed by atoms with van der Waals surface area (Å²) in [6.45, 7) is 6.63. The van der Waals surface area contributed by atoms with E-state index in [9.17, 15) is 0 Å². The van der Waals surface area contributed by atoms with Gasteiger partial charge in [-0.1, -0.05) is 62.7 Å². The lowest BCUT2D eigenvalue weighted by Crippen LogP contribution is -2.43. The van der Waals surface area contributed by atoms with Crippen molar-refractivity contribution in [2.75, 3.05) is 0 Å². The molecular formula is C18H24N2S. The number of aromatic nitrogens is 1. The third kappa shape index (κ3) is 4.50. The van der Waals surface area contributed by atoms with Crippen molar-refractivity contribution in [3.63, 3.8) is 0 Å². The molecular weight excluding hydrogens is 276 g/mol. The molecule has 0 aliphatic heterocycles. The van der Waals surface area contributed by atoms with Crippen LogP contribution in [0.15, 0.2) is 36.4 Å². The Morgan fingerprint density at radius 1 is 1.14 bits per heavy atom. The fraction of sp³-hybridized carbons (Fsp3) is 0.444. The molecule has 21 heavy (non-hydrogen) atoms. The molecule has 2 nitrogen and oxygen atoms in total. The van der Waals surface area contributed by atoms with Crippen LogP contribution in [0.3, 0.4) is 0 Å². The zero-order chi connectivity index (χ0) is 15.3. The van der Waals surface area contributed by atoms with Gasteiger partial charge in [-0.25, -0.2) is 4.98 Å². The van der Waals surface area contributed by atoms with Gasteiger partial charge >= 0.3 is 0 Å². The number of para-hydroxylation sites is 1. The lowest BCUT2D eigenvalue weighted by molar-refractivity contribution is 0.407. The SMILES string of the molecule is CCCCCC(C)(C)NC(=S)c1ccc2ccccc2n1. The van der Waals surface area contributed by atoms with Crippen LogP contribution >= 0.6 is 12.2 Å². The van der Waals surface area contributed by atoms with Gasteiger partial charge in [0.2, 0.25) is 0 Å². The number of nitrogens with zero attached hydrogens (tertiary/aromatic N) is 1. The summed E-state index contributed by atoms with van der Waals surface area (Å²) in [6.07, 6.45) is 4.86. The van der Waals surface area contributed by atoms with Gasteiger partial charge in [-0.2, -0.15) is 0 Å². The maximum absolute atomic E-state index is 5.54. The van der Waals surface area contributed by atoms with Crippen LogP contribution in [-0.2, 0) is 0 Å². The summed E-state index contributed by atoms with van der Waals surface area (Å²) in [5.74, 6) is 0. The van der Waals surface area contributed by atoms with Gasteiger partial charge in [0.25, 0.3) is 0 Å². The Morgan fingerprint density at radius 2 is 1.90 bits per heavy atom. The Balaban J connectivity index is 2.07. The van der Waals surface area contributed by atoms with Crippen LogP contribution in [0, 0.1) is 0 Å². The summed E-state index contributed by atoms with van der Waals surface area (Å²) >= 11 is 5.54. The number of hydrogen-bond donors (Lipinski definition) is 1. The van der Waals surface area contributed by atoms with E-state index in [2.05, 4.69) is 43.2 Å². The van der Waals surface area contributed by atoms with Gasteiger partial charge in [0.1, 0.15) is 4.99 Å². The van der Waals surface area contributed by atoms with Crippen molar-refractivity contribution >= 4 is 28.1 Å². The molecule has 1 heterocycles. The average molecular weight is 300 g/mol. The Bertz CT molecular complexity index is 619. The van der Waals surface area contributed by atoms with Gasteiger partial charge in [-0.05, 0) is 32.4 Å². The molecule has 3 heteroatoms. The normalized spacial score (nSPS) is 11.6. The summed E-state index contributed by atoms with van der Waals surface area (Å²) in [5.41, 5.74) is 1.86. The lowest BCUT2D eigenvalue weighted by atomic mass is 9.96. The molecule has 0 unspecified atom stereocenters. The van der Waals surface area contributed by atoms with Crippen LogP contribution in [0.1, 0.15) is 52.1 Å². The largest absolute Gasteiger partial charge is 0.370 e. The third-order valence-corrected chi connectivity index (χ3v) is 4.00. The second-order valence-corrected chi connectivity index (χ2v) is 6.59. The van der Waals surface area contributed by atoms with Crippen LogP contribution in [0.5, 0.6) is 0 Å². The van der Waals surface area contributed by atoms with Crippen LogP contribution in [-0.4, -0.2) is 15.5 Å². The van der Waals surface area contributed by atoms with Crippen molar-refractivity contribution in [3.8, 4) is 0 Å². The number of thiocarbonyl (C=S) groups is 1. The molecule has 2 rings (SSSR count). The highest BCUT2D eigenvalue weighted by molar-refractivity contribution is 7.80. The summed E-state index contributed by atoms with van der Waals surface area (Å²) in [7, 11) is 0. The third-order valence-electron chi connectivity index (χ3n) is 3.69. The molecule has 1 N–H and O–H groups in total. The van der Waals surface area contributed by atoms with Crippen LogP contribution < -0.4 is 5.32 Å². The van der Waals surface area contributed by atoms with Gasteiger partial charge in [-0.15, -0.1) is 0 Å². The summed E-state index contributed by atoms with van der Waals surface area (Å²) < 4.78 is 0. The predicted octanol–water partition coefficient (Wildman–Crippen LogP) is 4.86. The fourth-order valence-corrected chi connectivity index (χ4v) is 2.83. The second-order valence-electron chi connectivity index (χ2n) is 6.18. The molecule has 1 aromatic heterocycles. The van der Waals surface area contributed by atoms with Crippen LogP contribution in [0.25, 0.3) is 10.9 Å². The van der Waals surface area contributed by atoms with Gasteiger partial charge in [0.15, 0.2) is 0 Å². The monoisotopic (exact) mass is 300 g/mol. The van der Waals surface area contributed by atoms with Crippen molar-refractivity contribution in [1.29, 1.82) is 0 Å². The Morgan fingerprint density at radius 3 is 2.67 bits per heavy atom. The van der Waals surface area contributed by atoms with Gasteiger partial charge in [0, 0.05) is 10.9 Å². The van der Waals surface area contributed by atoms with Crippen molar-refractivity contribution in [3.05, 3.63) is 42.1 Å². The molecule has 0 saturated carbocycles. The molecule has 0 saturated heterocycles. The molecule has 0 amide bonds. The fourth-order valence-electron chi connectivity index (χ4n) is 2.44. The number of rotatable bonds is 6. The van der Waals surface area contributed by atoms with Gasteiger partial charge < -0.3 is 5.32 Å². The second kappa shape index (κ2) is 6.99. The summed E-state index contributed by atoms with van der Waals surface area (Å²) in [5, 5.41) is 4.61. The van der Waals surface area contributed by atoms with Gasteiger partial charge in [0.05, 0.1) is 11.2 Å². The molecule has 112 valence electrons.